The monoisotopic (exact) mass is 250 g/mol. The first kappa shape index (κ1) is 12.2. The average Bonchev–Trinajstić information content (AvgIpc) is 2.62. The van der Waals surface area contributed by atoms with Crippen molar-refractivity contribution >= 4 is 5.78 Å². The molecule has 0 saturated heterocycles. The molecule has 0 fully saturated rings. The Morgan fingerprint density at radius 3 is 2.00 bits per heavy atom. The number of carbonyl (C=O) groups excluding carboxylic acids is 1. The van der Waals surface area contributed by atoms with Gasteiger partial charge in [0.1, 0.15) is 0 Å². The van der Waals surface area contributed by atoms with Crippen molar-refractivity contribution in [3.63, 3.8) is 0 Å². The van der Waals surface area contributed by atoms with Crippen molar-refractivity contribution in [2.45, 2.75) is 33.1 Å². The molecular formula is C18H18O. The van der Waals surface area contributed by atoms with E-state index in [1.165, 1.54) is 5.56 Å². The highest BCUT2D eigenvalue weighted by molar-refractivity contribution is 6.21. The predicted octanol–water partition coefficient (Wildman–Crippen LogP) is 4.50. The molecule has 2 aromatic rings. The minimum Gasteiger partial charge on any atom is -0.289 e. The largest absolute Gasteiger partial charge is 0.289 e. The van der Waals surface area contributed by atoms with Crippen LogP contribution >= 0.6 is 0 Å². The zero-order chi connectivity index (χ0) is 13.8. The van der Waals surface area contributed by atoms with Gasteiger partial charge in [-0.3, -0.25) is 4.79 Å². The maximum absolute atomic E-state index is 12.5. The van der Waals surface area contributed by atoms with Gasteiger partial charge in [-0.2, -0.15) is 0 Å². The molecule has 0 saturated carbocycles. The number of ketones is 1. The van der Waals surface area contributed by atoms with Crippen LogP contribution in [0.2, 0.25) is 0 Å². The Labute approximate surface area is 114 Å². The molecule has 3 rings (SSSR count). The highest BCUT2D eigenvalue weighted by Gasteiger charge is 2.28. The molecule has 2 aromatic carbocycles. The van der Waals surface area contributed by atoms with Crippen molar-refractivity contribution in [3.05, 3.63) is 58.7 Å². The number of hydrogen-bond acceptors (Lipinski definition) is 1. The first-order chi connectivity index (χ1) is 8.88. The van der Waals surface area contributed by atoms with Gasteiger partial charge in [0.2, 0.25) is 0 Å². The molecule has 96 valence electrons. The van der Waals surface area contributed by atoms with E-state index in [-0.39, 0.29) is 11.2 Å². The van der Waals surface area contributed by atoms with Gasteiger partial charge in [-0.15, -0.1) is 0 Å². The SMILES string of the molecule is Cc1ccc2c(c1)C(=O)c1cc(C(C)(C)C)ccc1-2. The second-order valence-electron chi connectivity index (χ2n) is 6.39. The molecule has 19 heavy (non-hydrogen) atoms. The molecule has 0 heterocycles. The van der Waals surface area contributed by atoms with E-state index in [0.717, 1.165) is 27.8 Å². The standard InChI is InChI=1S/C18H18O/c1-11-5-7-13-14-8-6-12(18(2,3)4)10-16(14)17(19)15(13)9-11/h5-10H,1-4H3. The van der Waals surface area contributed by atoms with Gasteiger partial charge in [-0.05, 0) is 41.2 Å². The van der Waals surface area contributed by atoms with Crippen LogP contribution in [-0.4, -0.2) is 5.78 Å². The topological polar surface area (TPSA) is 17.1 Å². The number of carbonyl (C=O) groups is 1. The van der Waals surface area contributed by atoms with Gasteiger partial charge in [-0.1, -0.05) is 50.6 Å². The summed E-state index contributed by atoms with van der Waals surface area (Å²) in [6.07, 6.45) is 0. The van der Waals surface area contributed by atoms with E-state index >= 15 is 0 Å². The lowest BCUT2D eigenvalue weighted by Crippen LogP contribution is -2.11. The molecule has 0 atom stereocenters. The van der Waals surface area contributed by atoms with Crippen molar-refractivity contribution in [3.8, 4) is 11.1 Å². The minimum absolute atomic E-state index is 0.0694. The van der Waals surface area contributed by atoms with Gasteiger partial charge in [-0.25, -0.2) is 0 Å². The van der Waals surface area contributed by atoms with Crippen LogP contribution in [0.1, 0.15) is 47.8 Å². The van der Waals surface area contributed by atoms with E-state index in [1.54, 1.807) is 0 Å². The summed E-state index contributed by atoms with van der Waals surface area (Å²) in [5.74, 6) is 0.166. The van der Waals surface area contributed by atoms with Gasteiger partial charge in [0, 0.05) is 11.1 Å². The van der Waals surface area contributed by atoms with E-state index in [4.69, 9.17) is 0 Å². The maximum Gasteiger partial charge on any atom is 0.194 e. The lowest BCUT2D eigenvalue weighted by Gasteiger charge is -2.19. The van der Waals surface area contributed by atoms with Crippen LogP contribution in [0.25, 0.3) is 11.1 Å². The zero-order valence-corrected chi connectivity index (χ0v) is 11.9. The molecule has 0 N–H and O–H groups in total. The van der Waals surface area contributed by atoms with Gasteiger partial charge >= 0.3 is 0 Å². The summed E-state index contributed by atoms with van der Waals surface area (Å²) in [6, 6.07) is 12.4. The summed E-state index contributed by atoms with van der Waals surface area (Å²) in [6.45, 7) is 8.54. The second kappa shape index (κ2) is 3.80. The summed E-state index contributed by atoms with van der Waals surface area (Å²) in [7, 11) is 0. The van der Waals surface area contributed by atoms with Crippen LogP contribution in [-0.2, 0) is 5.41 Å². The lowest BCUT2D eigenvalue weighted by molar-refractivity contribution is 0.104. The molecule has 0 radical (unpaired) electrons. The molecule has 0 bridgehead atoms. The number of rotatable bonds is 0. The van der Waals surface area contributed by atoms with E-state index in [2.05, 4.69) is 51.1 Å². The average molecular weight is 250 g/mol. The summed E-state index contributed by atoms with van der Waals surface area (Å²) >= 11 is 0. The summed E-state index contributed by atoms with van der Waals surface area (Å²) in [5, 5.41) is 0. The highest BCUT2D eigenvalue weighted by atomic mass is 16.1. The van der Waals surface area contributed by atoms with Crippen LogP contribution < -0.4 is 0 Å². The van der Waals surface area contributed by atoms with E-state index in [9.17, 15) is 4.79 Å². The van der Waals surface area contributed by atoms with Crippen LogP contribution in [0.3, 0.4) is 0 Å². The summed E-state index contributed by atoms with van der Waals surface area (Å²) in [5.41, 5.74) is 6.27. The molecular weight excluding hydrogens is 232 g/mol. The molecule has 1 aliphatic rings. The van der Waals surface area contributed by atoms with Crippen molar-refractivity contribution in [1.29, 1.82) is 0 Å². The maximum atomic E-state index is 12.5. The Morgan fingerprint density at radius 1 is 0.789 bits per heavy atom. The van der Waals surface area contributed by atoms with E-state index in [1.807, 2.05) is 13.0 Å². The smallest absolute Gasteiger partial charge is 0.194 e. The Kier molecular flexibility index (Phi) is 2.43. The highest BCUT2D eigenvalue weighted by Crippen LogP contribution is 2.38. The fourth-order valence-electron chi connectivity index (χ4n) is 2.66. The second-order valence-corrected chi connectivity index (χ2v) is 6.39. The molecule has 1 aliphatic carbocycles. The Bertz CT molecular complexity index is 687. The van der Waals surface area contributed by atoms with Crippen LogP contribution in [0, 0.1) is 6.92 Å². The normalized spacial score (nSPS) is 13.4. The predicted molar refractivity (Wildman–Crippen MR) is 78.7 cm³/mol. The number of fused-ring (bicyclic) bond motifs is 3. The molecule has 1 heteroatoms. The summed E-state index contributed by atoms with van der Waals surface area (Å²) in [4.78, 5) is 12.5. The molecule has 0 spiro atoms. The third-order valence-corrected chi connectivity index (χ3v) is 3.84. The van der Waals surface area contributed by atoms with Crippen LogP contribution in [0.4, 0.5) is 0 Å². The quantitative estimate of drug-likeness (QED) is 0.574. The zero-order valence-electron chi connectivity index (χ0n) is 11.9. The minimum atomic E-state index is 0.0694. The van der Waals surface area contributed by atoms with Crippen molar-refractivity contribution in [2.75, 3.05) is 0 Å². The summed E-state index contributed by atoms with van der Waals surface area (Å²) < 4.78 is 0. The van der Waals surface area contributed by atoms with Gasteiger partial charge < -0.3 is 0 Å². The van der Waals surface area contributed by atoms with Gasteiger partial charge in [0.15, 0.2) is 5.78 Å². The fourth-order valence-corrected chi connectivity index (χ4v) is 2.66. The Morgan fingerprint density at radius 2 is 1.37 bits per heavy atom. The number of aryl methyl sites for hydroxylation is 1. The van der Waals surface area contributed by atoms with Crippen molar-refractivity contribution < 1.29 is 4.79 Å². The van der Waals surface area contributed by atoms with Gasteiger partial charge in [0.05, 0.1) is 0 Å². The third-order valence-electron chi connectivity index (χ3n) is 3.84. The van der Waals surface area contributed by atoms with E-state index < -0.39 is 0 Å². The first-order valence-corrected chi connectivity index (χ1v) is 6.68. The molecule has 0 aromatic heterocycles. The first-order valence-electron chi connectivity index (χ1n) is 6.68. The Balaban J connectivity index is 2.22. The molecule has 0 aliphatic heterocycles. The lowest BCUT2D eigenvalue weighted by atomic mass is 9.85. The van der Waals surface area contributed by atoms with Crippen LogP contribution in [0.5, 0.6) is 0 Å². The van der Waals surface area contributed by atoms with Crippen molar-refractivity contribution in [2.24, 2.45) is 0 Å². The van der Waals surface area contributed by atoms with E-state index in [0.29, 0.717) is 0 Å². The number of hydrogen-bond donors (Lipinski definition) is 0. The van der Waals surface area contributed by atoms with Gasteiger partial charge in [0.25, 0.3) is 0 Å². The molecule has 1 nitrogen and oxygen atoms in total. The molecule has 0 unspecified atom stereocenters. The Hall–Kier alpha value is -1.89. The van der Waals surface area contributed by atoms with Crippen molar-refractivity contribution in [1.82, 2.24) is 0 Å². The number of benzene rings is 2. The third kappa shape index (κ3) is 1.81. The van der Waals surface area contributed by atoms with Crippen LogP contribution in [0.15, 0.2) is 36.4 Å². The molecule has 0 amide bonds. The fraction of sp³-hybridized carbons (Fsp3) is 0.278.